The van der Waals surface area contributed by atoms with Crippen LogP contribution in [-0.2, 0) is 11.8 Å². The molecule has 0 bridgehead atoms. The van der Waals surface area contributed by atoms with E-state index in [1.54, 1.807) is 0 Å². The van der Waals surface area contributed by atoms with Crippen molar-refractivity contribution in [1.82, 2.24) is 20.0 Å². The van der Waals surface area contributed by atoms with Crippen molar-refractivity contribution in [2.75, 3.05) is 33.4 Å². The standard InChI is InChI=1S/C23H32N4O/c1-18(20-14-25-26(2)15-20)27-11-9-23(10-12-27,17-28-3)16-24-22-13-21(22)19-7-5-4-6-8-19/h4-8,14-15,21-22,24H,1,9-13,16-17H2,2-3H3/t21?,22-/m1/s1. The molecule has 2 atom stereocenters. The molecular weight excluding hydrogens is 348 g/mol. The zero-order valence-electron chi connectivity index (χ0n) is 17.1. The molecule has 1 saturated carbocycles. The normalized spacial score (nSPS) is 23.6. The van der Waals surface area contributed by atoms with Crippen molar-refractivity contribution in [1.29, 1.82) is 0 Å². The van der Waals surface area contributed by atoms with Gasteiger partial charge in [0.15, 0.2) is 0 Å². The van der Waals surface area contributed by atoms with Crippen molar-refractivity contribution in [3.63, 3.8) is 0 Å². The van der Waals surface area contributed by atoms with Gasteiger partial charge in [-0.1, -0.05) is 36.9 Å². The molecule has 5 heteroatoms. The van der Waals surface area contributed by atoms with Crippen LogP contribution < -0.4 is 5.32 Å². The molecule has 5 nitrogen and oxygen atoms in total. The molecule has 1 aliphatic carbocycles. The van der Waals surface area contributed by atoms with E-state index in [-0.39, 0.29) is 5.41 Å². The molecule has 1 aromatic heterocycles. The smallest absolute Gasteiger partial charge is 0.0582 e. The lowest BCUT2D eigenvalue weighted by atomic mass is 9.78. The molecule has 28 heavy (non-hydrogen) atoms. The molecule has 2 aliphatic rings. The van der Waals surface area contributed by atoms with Crippen molar-refractivity contribution in [2.24, 2.45) is 12.5 Å². The van der Waals surface area contributed by atoms with Gasteiger partial charge in [-0.3, -0.25) is 4.68 Å². The monoisotopic (exact) mass is 380 g/mol. The maximum absolute atomic E-state index is 5.64. The quantitative estimate of drug-likeness (QED) is 0.763. The predicted octanol–water partition coefficient (Wildman–Crippen LogP) is 3.27. The summed E-state index contributed by atoms with van der Waals surface area (Å²) in [5, 5.41) is 8.12. The van der Waals surface area contributed by atoms with Crippen LogP contribution in [0.3, 0.4) is 0 Å². The fraction of sp³-hybridized carbons (Fsp3) is 0.522. The molecular formula is C23H32N4O. The van der Waals surface area contributed by atoms with Gasteiger partial charge in [0.25, 0.3) is 0 Å². The van der Waals surface area contributed by atoms with E-state index >= 15 is 0 Å². The highest BCUT2D eigenvalue weighted by atomic mass is 16.5. The molecule has 0 amide bonds. The first kappa shape index (κ1) is 19.2. The Kier molecular flexibility index (Phi) is 5.56. The molecule has 0 spiro atoms. The average Bonchev–Trinajstić information content (AvgIpc) is 3.38. The maximum Gasteiger partial charge on any atom is 0.0582 e. The van der Waals surface area contributed by atoms with Gasteiger partial charge in [-0.15, -0.1) is 0 Å². The number of rotatable bonds is 8. The second kappa shape index (κ2) is 8.10. The van der Waals surface area contributed by atoms with E-state index in [2.05, 4.69) is 52.2 Å². The summed E-state index contributed by atoms with van der Waals surface area (Å²) in [6.07, 6.45) is 7.43. The minimum absolute atomic E-state index is 0.213. The molecule has 2 heterocycles. The third kappa shape index (κ3) is 4.15. The third-order valence-electron chi connectivity index (χ3n) is 6.45. The van der Waals surface area contributed by atoms with E-state index < -0.39 is 0 Å². The number of ether oxygens (including phenoxy) is 1. The molecule has 1 unspecified atom stereocenters. The fourth-order valence-electron chi connectivity index (χ4n) is 4.52. The summed E-state index contributed by atoms with van der Waals surface area (Å²) in [4.78, 5) is 2.40. The SMILES string of the molecule is C=C(c1cnn(C)c1)N1CCC(CN[C@@H]2CC2c2ccccc2)(COC)CC1. The average molecular weight is 381 g/mol. The van der Waals surface area contributed by atoms with Gasteiger partial charge in [-0.05, 0) is 24.8 Å². The van der Waals surface area contributed by atoms with Crippen LogP contribution in [0.1, 0.15) is 36.3 Å². The Hall–Kier alpha value is -2.11. The predicted molar refractivity (Wildman–Crippen MR) is 113 cm³/mol. The first-order chi connectivity index (χ1) is 13.6. The lowest BCUT2D eigenvalue weighted by Gasteiger charge is -2.43. The molecule has 4 rings (SSSR count). The lowest BCUT2D eigenvalue weighted by molar-refractivity contribution is 0.0345. The molecule has 1 saturated heterocycles. The molecule has 150 valence electrons. The Labute approximate surface area is 168 Å². The van der Waals surface area contributed by atoms with Crippen LogP contribution in [0.25, 0.3) is 5.70 Å². The summed E-state index contributed by atoms with van der Waals surface area (Å²) in [7, 11) is 3.77. The zero-order chi connectivity index (χ0) is 19.6. The molecule has 0 radical (unpaired) electrons. The highest BCUT2D eigenvalue weighted by Crippen LogP contribution is 2.42. The second-order valence-corrected chi connectivity index (χ2v) is 8.51. The van der Waals surface area contributed by atoms with E-state index in [0.29, 0.717) is 12.0 Å². The van der Waals surface area contributed by atoms with Gasteiger partial charge >= 0.3 is 0 Å². The zero-order valence-corrected chi connectivity index (χ0v) is 17.1. The first-order valence-corrected chi connectivity index (χ1v) is 10.3. The summed E-state index contributed by atoms with van der Waals surface area (Å²) in [5.74, 6) is 0.672. The van der Waals surface area contributed by atoms with Gasteiger partial charge in [-0.25, -0.2) is 0 Å². The molecule has 1 N–H and O–H groups in total. The number of hydrogen-bond acceptors (Lipinski definition) is 4. The second-order valence-electron chi connectivity index (χ2n) is 8.51. The van der Waals surface area contributed by atoms with Crippen molar-refractivity contribution < 1.29 is 4.74 Å². The van der Waals surface area contributed by atoms with E-state index in [1.165, 1.54) is 12.0 Å². The van der Waals surface area contributed by atoms with Crippen molar-refractivity contribution in [3.8, 4) is 0 Å². The first-order valence-electron chi connectivity index (χ1n) is 10.3. The topological polar surface area (TPSA) is 42.3 Å². The van der Waals surface area contributed by atoms with Crippen LogP contribution in [0.4, 0.5) is 0 Å². The van der Waals surface area contributed by atoms with E-state index in [0.717, 1.165) is 50.3 Å². The van der Waals surface area contributed by atoms with Gasteiger partial charge in [0.05, 0.1) is 12.8 Å². The maximum atomic E-state index is 5.64. The van der Waals surface area contributed by atoms with E-state index in [4.69, 9.17) is 4.74 Å². The fourth-order valence-corrected chi connectivity index (χ4v) is 4.52. The van der Waals surface area contributed by atoms with Crippen LogP contribution in [0.15, 0.2) is 49.3 Å². The highest BCUT2D eigenvalue weighted by Gasteiger charge is 2.41. The summed E-state index contributed by atoms with van der Waals surface area (Å²) >= 11 is 0. The summed E-state index contributed by atoms with van der Waals surface area (Å²) in [6.45, 7) is 8.19. The number of benzene rings is 1. The van der Waals surface area contributed by atoms with Crippen LogP contribution in [-0.4, -0.2) is 54.1 Å². The number of nitrogens with zero attached hydrogens (tertiary/aromatic N) is 3. The number of likely N-dealkylation sites (tertiary alicyclic amines) is 1. The van der Waals surface area contributed by atoms with E-state index in [1.807, 2.05) is 31.2 Å². The van der Waals surface area contributed by atoms with Gasteiger partial charge in [0, 0.05) is 68.6 Å². The van der Waals surface area contributed by atoms with Crippen LogP contribution >= 0.6 is 0 Å². The third-order valence-corrected chi connectivity index (χ3v) is 6.45. The van der Waals surface area contributed by atoms with Crippen molar-refractivity contribution in [2.45, 2.75) is 31.2 Å². The van der Waals surface area contributed by atoms with Crippen LogP contribution in [0.5, 0.6) is 0 Å². The van der Waals surface area contributed by atoms with Gasteiger partial charge in [0.2, 0.25) is 0 Å². The summed E-state index contributed by atoms with van der Waals surface area (Å²) in [5.41, 5.74) is 3.87. The Balaban J connectivity index is 1.31. The number of nitrogens with one attached hydrogen (secondary N) is 1. The summed E-state index contributed by atoms with van der Waals surface area (Å²) in [6, 6.07) is 11.5. The van der Waals surface area contributed by atoms with Crippen LogP contribution in [0, 0.1) is 5.41 Å². The largest absolute Gasteiger partial charge is 0.384 e. The van der Waals surface area contributed by atoms with Crippen molar-refractivity contribution >= 4 is 5.70 Å². The van der Waals surface area contributed by atoms with Gasteiger partial charge in [0.1, 0.15) is 0 Å². The minimum atomic E-state index is 0.213. The number of hydrogen-bond donors (Lipinski definition) is 1. The Bertz CT molecular complexity index is 792. The number of aromatic nitrogens is 2. The molecule has 1 aromatic carbocycles. The minimum Gasteiger partial charge on any atom is -0.384 e. The Morgan fingerprint density at radius 2 is 2.04 bits per heavy atom. The molecule has 2 aromatic rings. The summed E-state index contributed by atoms with van der Waals surface area (Å²) < 4.78 is 7.47. The molecule has 1 aliphatic heterocycles. The number of aryl methyl sites for hydroxylation is 1. The molecule has 2 fully saturated rings. The number of piperidine rings is 1. The lowest BCUT2D eigenvalue weighted by Crippen LogP contribution is -2.47. The number of methoxy groups -OCH3 is 1. The Morgan fingerprint density at radius 1 is 1.29 bits per heavy atom. The van der Waals surface area contributed by atoms with Crippen LogP contribution in [0.2, 0.25) is 0 Å². The Morgan fingerprint density at radius 3 is 2.68 bits per heavy atom. The van der Waals surface area contributed by atoms with Gasteiger partial charge < -0.3 is 15.0 Å². The highest BCUT2D eigenvalue weighted by molar-refractivity contribution is 5.60. The van der Waals surface area contributed by atoms with E-state index in [9.17, 15) is 0 Å². The van der Waals surface area contributed by atoms with Crippen molar-refractivity contribution in [3.05, 3.63) is 60.4 Å². The van der Waals surface area contributed by atoms with Gasteiger partial charge in [-0.2, -0.15) is 5.10 Å².